The van der Waals surface area contributed by atoms with Crippen LogP contribution in [0, 0.1) is 45.3 Å². The maximum absolute atomic E-state index is 12.5. The highest BCUT2D eigenvalue weighted by Crippen LogP contribution is 2.20. The number of likely N-dealkylation sites (N-methyl/N-ethyl adjacent to an activating group) is 1. The van der Waals surface area contributed by atoms with Crippen LogP contribution in [0.25, 0.3) is 0 Å². The number of aliphatic imine (C=N–C) groups is 2. The van der Waals surface area contributed by atoms with Gasteiger partial charge in [0.05, 0.1) is 50.7 Å². The Morgan fingerprint density at radius 3 is 1.12 bits per heavy atom. The van der Waals surface area contributed by atoms with E-state index < -0.39 is 0 Å². The van der Waals surface area contributed by atoms with E-state index in [9.17, 15) is 4.39 Å². The van der Waals surface area contributed by atoms with E-state index in [0.29, 0.717) is 77.4 Å². The molecule has 143 heavy (non-hydrogen) atoms. The average Bonchev–Trinajstić information content (AvgIpc) is 1.53. The van der Waals surface area contributed by atoms with Gasteiger partial charge in [-0.3, -0.25) is 43.8 Å². The van der Waals surface area contributed by atoms with Gasteiger partial charge in [-0.15, -0.1) is 0 Å². The lowest BCUT2D eigenvalue weighted by Crippen LogP contribution is -2.47. The number of aryl methyl sites for hydroxylation is 5. The van der Waals surface area contributed by atoms with Crippen molar-refractivity contribution in [3.63, 3.8) is 0 Å². The van der Waals surface area contributed by atoms with Crippen molar-refractivity contribution in [2.45, 2.75) is 385 Å². The number of aromatic nitrogens is 12. The van der Waals surface area contributed by atoms with Crippen molar-refractivity contribution in [1.82, 2.24) is 78.4 Å². The van der Waals surface area contributed by atoms with Crippen LogP contribution in [0.3, 0.4) is 0 Å². The molecule has 0 unspecified atom stereocenters. The molecule has 0 atom stereocenters. The molecule has 0 saturated carbocycles. The molecule has 7 aromatic heterocycles. The minimum Gasteiger partial charge on any atom is -0.379 e. The standard InChI is InChI=1S/C10H14.C9H11F.C9H13N.C9H12.C8H18N2.C8H11N.2C7H12N2.C7H10N2.C7H12N2.C7H15NO.C7H11N.C7H15N.C7H11N.C6H10N2.8CH4/c1-8(2)10-6-4-9(3)5-7-10;1-7(2)8-4-3-5-9(10)6-8;1-7(2)9-4-5-10-8(3)6-9;1-8(2)9-6-4-3-5-7-9;1-8(2)10-6-4-9(3)5-7-10;1-7(2)8-3-5-9-6-4-8;1-6(2)7-4-8-9(3)5-7;1-6(2)9-4-7(3)8-5-9;1-6(2)7-3-8-5-9-4-7;1-6(2)9-5-7(3)4-8-9;1-7(2)8-3-5-9-6-4-8;1-6(2)7-3-4-8-5-7;1-7(2)8-5-3-4-6-8;1-6(2)7-4-3-5-8-7;1-6(2)8-5-3-4-7-8;;;;;;;;/h4-8H,1-3H3;3-7H,1-2H3;4-7H,1-3H3;3-8H,1-2H3;8H,4-7H2,1-3H3;3-7H,1-2H3;2*4-6H,1-3H3;3-6H,1-2H3;4-6H,1-3H3;7H,3-6H2,1-2H3;3,5-6H,4H2,1-2H3;7H,3-6H2,1-2H3;3-4,6H,5H2,1-2H3;3-6H,1-2H3;8*1H4. The van der Waals surface area contributed by atoms with Gasteiger partial charge in [-0.1, -0.05) is 268 Å². The van der Waals surface area contributed by atoms with Gasteiger partial charge in [-0.2, -0.15) is 15.3 Å². The molecule has 0 radical (unpaired) electrons. The maximum atomic E-state index is 12.5. The number of nitrogens with zero attached hydrogens (tertiary/aromatic N) is 18. The summed E-state index contributed by atoms with van der Waals surface area (Å²) in [7, 11) is 4.13. The van der Waals surface area contributed by atoms with Crippen molar-refractivity contribution in [2.75, 3.05) is 85.7 Å². The van der Waals surface area contributed by atoms with Gasteiger partial charge in [0, 0.05) is 162 Å². The van der Waals surface area contributed by atoms with E-state index in [1.165, 1.54) is 114 Å². The van der Waals surface area contributed by atoms with Crippen LogP contribution in [0.15, 0.2) is 230 Å². The summed E-state index contributed by atoms with van der Waals surface area (Å²) >= 11 is 0. The Balaban J connectivity index is -0.000000227. The van der Waals surface area contributed by atoms with Crippen LogP contribution in [0.4, 0.5) is 4.39 Å². The van der Waals surface area contributed by atoms with Gasteiger partial charge in [-0.25, -0.2) is 19.3 Å². The van der Waals surface area contributed by atoms with Crippen LogP contribution in [-0.4, -0.2) is 194 Å². The molecule has 15 rings (SSSR count). The first-order chi connectivity index (χ1) is 63.8. The third-order valence-electron chi connectivity index (χ3n) is 22.5. The molecular formula is C123H219FN18O. The smallest absolute Gasteiger partial charge is 0.123 e. The Kier molecular flexibility index (Phi) is 90.2. The van der Waals surface area contributed by atoms with E-state index in [-0.39, 0.29) is 65.2 Å². The highest BCUT2D eigenvalue weighted by Gasteiger charge is 2.17. The number of piperazine rings is 1. The fourth-order valence-corrected chi connectivity index (χ4v) is 12.9. The second-order valence-corrected chi connectivity index (χ2v) is 39.5. The Morgan fingerprint density at radius 2 is 0.825 bits per heavy atom. The van der Waals surface area contributed by atoms with Crippen molar-refractivity contribution < 1.29 is 9.13 Å². The highest BCUT2D eigenvalue weighted by molar-refractivity contribution is 5.97. The number of hydrogen-bond donors (Lipinski definition) is 0. The molecule has 0 N–H and O–H groups in total. The number of allylic oxidation sites excluding steroid dienone is 2. The second kappa shape index (κ2) is 86.7. The Morgan fingerprint density at radius 1 is 0.350 bits per heavy atom. The first-order valence-electron chi connectivity index (χ1n) is 50.2. The summed E-state index contributed by atoms with van der Waals surface area (Å²) < 4.78 is 25.5. The lowest BCUT2D eigenvalue weighted by atomic mass is 10.0. The van der Waals surface area contributed by atoms with Crippen molar-refractivity contribution in [3.8, 4) is 0 Å². The Bertz CT molecular complexity index is 4320. The van der Waals surface area contributed by atoms with E-state index in [0.717, 1.165) is 68.4 Å². The lowest BCUT2D eigenvalue weighted by molar-refractivity contribution is 0.0238. The zero-order chi connectivity index (χ0) is 101. The van der Waals surface area contributed by atoms with Gasteiger partial charge in [0.2, 0.25) is 0 Å². The molecule has 814 valence electrons. The van der Waals surface area contributed by atoms with E-state index >= 15 is 0 Å². The molecule has 19 nitrogen and oxygen atoms in total. The third-order valence-corrected chi connectivity index (χ3v) is 22.5. The van der Waals surface area contributed by atoms with Crippen molar-refractivity contribution in [1.29, 1.82) is 0 Å². The molecule has 3 aromatic carbocycles. The van der Waals surface area contributed by atoms with Crippen molar-refractivity contribution in [3.05, 3.63) is 287 Å². The SMILES string of the molecule is C.C.C.C.C.C.C.C.CC(C)C1=CCN=C1.CC(C)C1=NCC=C1.CC(C)N1CCCC1.CC(C)N1CCN(C)CC1.CC(C)N1CCOCC1.CC(C)c1cccc(F)c1.CC(C)c1ccccc1.CC(C)c1ccncc1.CC(C)c1cncnc1.CC(C)c1cnn(C)c1.CC(C)n1cccn1.Cc1cc(C(C)C)ccn1.Cc1ccc(C(C)C)cc1.Cc1cn(C(C)C)cn1.Cc1cnn(C(C)C)c1. The number of benzene rings is 3. The molecule has 0 amide bonds. The molecule has 3 saturated heterocycles. The highest BCUT2D eigenvalue weighted by atomic mass is 19.1. The Labute approximate surface area is 881 Å². The lowest BCUT2D eigenvalue weighted by Gasteiger charge is -2.34. The van der Waals surface area contributed by atoms with Crippen LogP contribution in [0.1, 0.15) is 401 Å². The van der Waals surface area contributed by atoms with Gasteiger partial charge in [-0.05, 0) is 296 Å². The Hall–Kier alpha value is -9.57. The van der Waals surface area contributed by atoms with E-state index in [4.69, 9.17) is 4.74 Å². The summed E-state index contributed by atoms with van der Waals surface area (Å²) in [6.45, 7) is 86.8. The number of likely N-dealkylation sites (tertiary alicyclic amines) is 1. The molecule has 0 aliphatic carbocycles. The second-order valence-electron chi connectivity index (χ2n) is 39.5. The predicted molar refractivity (Wildman–Crippen MR) is 632 cm³/mol. The van der Waals surface area contributed by atoms with Gasteiger partial charge in [0.25, 0.3) is 0 Å². The maximum Gasteiger partial charge on any atom is 0.123 e. The van der Waals surface area contributed by atoms with Crippen molar-refractivity contribution in [2.24, 2.45) is 28.9 Å². The zero-order valence-electron chi connectivity index (χ0n) is 91.2. The number of morpholine rings is 1. The normalized spacial score (nSPS) is 13.1. The number of pyridine rings is 2. The van der Waals surface area contributed by atoms with Crippen LogP contribution in [-0.2, 0) is 11.8 Å². The topological polar surface area (TPSA) is 170 Å². The minimum atomic E-state index is -0.147. The molecule has 5 aliphatic heterocycles. The van der Waals surface area contributed by atoms with Crippen LogP contribution < -0.4 is 0 Å². The van der Waals surface area contributed by atoms with E-state index in [1.54, 1.807) is 24.7 Å². The molecule has 0 bridgehead atoms. The van der Waals surface area contributed by atoms with Crippen LogP contribution in [0.5, 0.6) is 0 Å². The van der Waals surface area contributed by atoms with Gasteiger partial charge in [0.15, 0.2) is 0 Å². The monoisotopic (exact) mass is 1980 g/mol. The first kappa shape index (κ1) is 149. The van der Waals surface area contributed by atoms with Crippen molar-refractivity contribution >= 4 is 11.9 Å². The summed E-state index contributed by atoms with van der Waals surface area (Å²) in [5, 5.41) is 12.2. The van der Waals surface area contributed by atoms with Crippen LogP contribution in [0.2, 0.25) is 0 Å². The average molecular weight is 1990 g/mol. The number of imidazole rings is 1. The van der Waals surface area contributed by atoms with E-state index in [1.807, 2.05) is 153 Å². The van der Waals surface area contributed by atoms with Gasteiger partial charge < -0.3 is 19.1 Å². The number of ether oxygens (including phenoxy) is 1. The molecular weight excluding hydrogens is 1760 g/mol. The number of rotatable bonds is 15. The summed E-state index contributed by atoms with van der Waals surface area (Å²) in [5.41, 5.74) is 16.5. The number of halogens is 1. The molecule has 12 heterocycles. The summed E-state index contributed by atoms with van der Waals surface area (Å²) in [4.78, 5) is 38.1. The third kappa shape index (κ3) is 71.6. The quantitative estimate of drug-likeness (QED) is 0.0951. The molecule has 10 aromatic rings. The van der Waals surface area contributed by atoms with Crippen LogP contribution >= 0.6 is 0 Å². The summed E-state index contributed by atoms with van der Waals surface area (Å²) in [6, 6.07) is 39.9. The summed E-state index contributed by atoms with van der Waals surface area (Å²) in [6.07, 6.45) is 37.5. The molecule has 5 aliphatic rings. The molecule has 0 spiro atoms. The molecule has 3 fully saturated rings. The largest absolute Gasteiger partial charge is 0.379 e. The van der Waals surface area contributed by atoms with Gasteiger partial charge in [0.1, 0.15) is 12.1 Å². The fraction of sp³-hybridized carbons (Fsp3) is 0.593. The number of hydrogen-bond acceptors (Lipinski definition) is 15. The molecule has 20 heteroatoms. The first-order valence-corrected chi connectivity index (χ1v) is 50.2. The fourth-order valence-electron chi connectivity index (χ4n) is 12.9. The van der Waals surface area contributed by atoms with E-state index in [2.05, 4.69) is 375 Å². The van der Waals surface area contributed by atoms with Gasteiger partial charge >= 0.3 is 0 Å². The minimum absolute atomic E-state index is 0. The summed E-state index contributed by atoms with van der Waals surface area (Å²) in [5.74, 6) is 5.20. The predicted octanol–water partition coefficient (Wildman–Crippen LogP) is 33.0. The zero-order valence-corrected chi connectivity index (χ0v) is 91.2.